The van der Waals surface area contributed by atoms with Gasteiger partial charge in [0, 0.05) is 24.2 Å². The molecule has 0 radical (unpaired) electrons. The predicted molar refractivity (Wildman–Crippen MR) is 109 cm³/mol. The summed E-state index contributed by atoms with van der Waals surface area (Å²) >= 11 is 0. The average Bonchev–Trinajstić information content (AvgIpc) is 3.01. The van der Waals surface area contributed by atoms with Crippen molar-refractivity contribution in [2.24, 2.45) is 46.3 Å². The summed E-state index contributed by atoms with van der Waals surface area (Å²) in [4.78, 5) is 24.4. The fourth-order valence-corrected chi connectivity index (χ4v) is 8.40. The molecule has 0 saturated heterocycles. The number of hydrogen-bond donors (Lipinski definition) is 3. The summed E-state index contributed by atoms with van der Waals surface area (Å²) in [6.07, 6.45) is 5.74. The highest BCUT2D eigenvalue weighted by atomic mass is 16.4. The maximum Gasteiger partial charge on any atom is 0.303 e. The predicted octanol–water partition coefficient (Wildman–Crippen LogP) is 3.66. The Morgan fingerprint density at radius 1 is 1.14 bits per heavy atom. The molecular formula is C24H38O5. The van der Waals surface area contributed by atoms with Gasteiger partial charge in [-0.25, -0.2) is 0 Å². The number of ketones is 1. The molecule has 4 fully saturated rings. The van der Waals surface area contributed by atoms with Crippen molar-refractivity contribution in [2.45, 2.75) is 90.8 Å². The number of carboxylic acid groups (broad SMARTS) is 1. The van der Waals surface area contributed by atoms with Crippen molar-refractivity contribution in [1.82, 2.24) is 0 Å². The molecule has 4 aliphatic rings. The van der Waals surface area contributed by atoms with Crippen molar-refractivity contribution >= 4 is 11.8 Å². The van der Waals surface area contributed by atoms with Crippen LogP contribution in [0.25, 0.3) is 0 Å². The molecule has 0 bridgehead atoms. The van der Waals surface area contributed by atoms with Crippen molar-refractivity contribution in [3.8, 4) is 0 Å². The molecule has 10 atom stereocenters. The second-order valence-electron chi connectivity index (χ2n) is 11.3. The van der Waals surface area contributed by atoms with Gasteiger partial charge in [-0.05, 0) is 80.0 Å². The van der Waals surface area contributed by atoms with E-state index in [4.69, 9.17) is 5.11 Å². The number of carbonyl (C=O) groups is 2. The van der Waals surface area contributed by atoms with Crippen LogP contribution in [-0.4, -0.2) is 39.3 Å². The van der Waals surface area contributed by atoms with Crippen molar-refractivity contribution in [3.05, 3.63) is 0 Å². The minimum absolute atomic E-state index is 0.0246. The van der Waals surface area contributed by atoms with E-state index in [0.29, 0.717) is 25.0 Å². The molecule has 4 saturated carbocycles. The first-order valence-corrected chi connectivity index (χ1v) is 11.7. The second kappa shape index (κ2) is 7.33. The van der Waals surface area contributed by atoms with Crippen LogP contribution in [-0.2, 0) is 9.59 Å². The fraction of sp³-hybridized carbons (Fsp3) is 0.917. The highest BCUT2D eigenvalue weighted by Gasteiger charge is 2.65. The zero-order valence-electron chi connectivity index (χ0n) is 18.1. The summed E-state index contributed by atoms with van der Waals surface area (Å²) < 4.78 is 0. The average molecular weight is 407 g/mol. The third kappa shape index (κ3) is 3.18. The smallest absolute Gasteiger partial charge is 0.303 e. The van der Waals surface area contributed by atoms with E-state index in [1.165, 1.54) is 0 Å². The van der Waals surface area contributed by atoms with Crippen LogP contribution in [0.1, 0.15) is 78.6 Å². The number of rotatable bonds is 4. The second-order valence-corrected chi connectivity index (χ2v) is 11.3. The Balaban J connectivity index is 1.62. The van der Waals surface area contributed by atoms with Gasteiger partial charge in [0.1, 0.15) is 5.78 Å². The zero-order valence-corrected chi connectivity index (χ0v) is 18.1. The van der Waals surface area contributed by atoms with E-state index in [-0.39, 0.29) is 58.9 Å². The summed E-state index contributed by atoms with van der Waals surface area (Å²) in [7, 11) is 0. The largest absolute Gasteiger partial charge is 0.481 e. The summed E-state index contributed by atoms with van der Waals surface area (Å²) in [5.74, 6) is 0.775. The Hall–Kier alpha value is -0.940. The zero-order chi connectivity index (χ0) is 21.1. The normalized spacial score (nSPS) is 50.4. The molecule has 4 aliphatic carbocycles. The van der Waals surface area contributed by atoms with E-state index in [1.807, 2.05) is 0 Å². The van der Waals surface area contributed by atoms with Crippen LogP contribution in [0.3, 0.4) is 0 Å². The van der Waals surface area contributed by atoms with Crippen LogP contribution in [0.15, 0.2) is 0 Å². The molecular weight excluding hydrogens is 368 g/mol. The number of aliphatic hydroxyl groups excluding tert-OH is 2. The Morgan fingerprint density at radius 3 is 2.55 bits per heavy atom. The SMILES string of the molecule is CC(CCC(=O)O)[C@H]1CCC2[C@@H]3C(=O)C[C@@H]4CC(O)CC[C@]4(C)C3CC(O)[C@@]21C. The summed E-state index contributed by atoms with van der Waals surface area (Å²) in [5.41, 5.74) is -0.265. The molecule has 0 heterocycles. The molecule has 5 unspecified atom stereocenters. The van der Waals surface area contributed by atoms with Crippen molar-refractivity contribution < 1.29 is 24.9 Å². The molecule has 0 aliphatic heterocycles. The topological polar surface area (TPSA) is 94.8 Å². The molecule has 5 nitrogen and oxygen atoms in total. The maximum atomic E-state index is 13.4. The fourth-order valence-electron chi connectivity index (χ4n) is 8.40. The summed E-state index contributed by atoms with van der Waals surface area (Å²) in [5, 5.41) is 30.7. The van der Waals surface area contributed by atoms with Gasteiger partial charge in [0.2, 0.25) is 0 Å². The van der Waals surface area contributed by atoms with E-state index in [2.05, 4.69) is 20.8 Å². The lowest BCUT2D eigenvalue weighted by atomic mass is 9.43. The quantitative estimate of drug-likeness (QED) is 0.662. The standard InChI is InChI=1S/C24H38O5/c1-13(4-7-21(28)29)16-5-6-17-22-18(12-20(27)24(16,17)3)23(2)9-8-15(25)10-14(23)11-19(22)26/h13-18,20,22,25,27H,4-12H2,1-3H3,(H,28,29)/t13?,14-,15?,16+,17?,18?,20?,22-,23-,24+/m0/s1. The Labute approximate surface area is 174 Å². The highest BCUT2D eigenvalue weighted by molar-refractivity contribution is 5.83. The number of aliphatic carboxylic acids is 1. The van der Waals surface area contributed by atoms with E-state index in [9.17, 15) is 19.8 Å². The van der Waals surface area contributed by atoms with Crippen LogP contribution in [0.4, 0.5) is 0 Å². The minimum Gasteiger partial charge on any atom is -0.481 e. The van der Waals surface area contributed by atoms with Gasteiger partial charge in [0.15, 0.2) is 0 Å². The first-order valence-electron chi connectivity index (χ1n) is 11.7. The molecule has 164 valence electrons. The van der Waals surface area contributed by atoms with Gasteiger partial charge in [-0.3, -0.25) is 9.59 Å². The third-order valence-corrected chi connectivity index (χ3v) is 10.1. The molecule has 4 rings (SSSR count). The molecule has 3 N–H and O–H groups in total. The number of carboxylic acids is 1. The van der Waals surface area contributed by atoms with Crippen LogP contribution in [0.2, 0.25) is 0 Å². The van der Waals surface area contributed by atoms with Gasteiger partial charge in [-0.15, -0.1) is 0 Å². The summed E-state index contributed by atoms with van der Waals surface area (Å²) in [6, 6.07) is 0. The molecule has 0 aromatic heterocycles. The molecule has 0 spiro atoms. The lowest BCUT2D eigenvalue weighted by Crippen LogP contribution is -2.61. The molecule has 0 aromatic carbocycles. The van der Waals surface area contributed by atoms with Crippen LogP contribution < -0.4 is 0 Å². The Kier molecular flexibility index (Phi) is 5.39. The molecule has 0 amide bonds. The first kappa shape index (κ1) is 21.3. The lowest BCUT2D eigenvalue weighted by molar-refractivity contribution is -0.182. The van der Waals surface area contributed by atoms with E-state index in [1.54, 1.807) is 0 Å². The number of Topliss-reactive ketones (excluding diaryl/α,β-unsaturated/α-hetero) is 1. The van der Waals surface area contributed by atoms with E-state index in [0.717, 1.165) is 32.1 Å². The van der Waals surface area contributed by atoms with E-state index < -0.39 is 12.1 Å². The van der Waals surface area contributed by atoms with Gasteiger partial charge in [-0.2, -0.15) is 0 Å². The third-order valence-electron chi connectivity index (χ3n) is 10.1. The maximum absolute atomic E-state index is 13.4. The molecule has 5 heteroatoms. The molecule has 0 aromatic rings. The highest BCUT2D eigenvalue weighted by Crippen LogP contribution is 2.67. The van der Waals surface area contributed by atoms with Gasteiger partial charge in [0.05, 0.1) is 12.2 Å². The van der Waals surface area contributed by atoms with Gasteiger partial charge in [0.25, 0.3) is 0 Å². The number of carbonyl (C=O) groups excluding carboxylic acids is 1. The summed E-state index contributed by atoms with van der Waals surface area (Å²) in [6.45, 7) is 6.62. The van der Waals surface area contributed by atoms with Crippen LogP contribution in [0, 0.1) is 46.3 Å². The molecule has 29 heavy (non-hydrogen) atoms. The van der Waals surface area contributed by atoms with Gasteiger partial charge < -0.3 is 15.3 Å². The van der Waals surface area contributed by atoms with Gasteiger partial charge >= 0.3 is 5.97 Å². The van der Waals surface area contributed by atoms with E-state index >= 15 is 0 Å². The van der Waals surface area contributed by atoms with Crippen molar-refractivity contribution in [1.29, 1.82) is 0 Å². The number of fused-ring (bicyclic) bond motifs is 5. The Bertz CT molecular complexity index is 676. The minimum atomic E-state index is -0.762. The lowest BCUT2D eigenvalue weighted by Gasteiger charge is -2.61. The van der Waals surface area contributed by atoms with Crippen LogP contribution in [0.5, 0.6) is 0 Å². The van der Waals surface area contributed by atoms with Crippen LogP contribution >= 0.6 is 0 Å². The van der Waals surface area contributed by atoms with Crippen molar-refractivity contribution in [3.63, 3.8) is 0 Å². The first-order chi connectivity index (χ1) is 13.6. The Morgan fingerprint density at radius 2 is 1.86 bits per heavy atom. The number of aliphatic hydroxyl groups is 2. The van der Waals surface area contributed by atoms with Gasteiger partial charge in [-0.1, -0.05) is 20.8 Å². The number of hydrogen-bond acceptors (Lipinski definition) is 4. The van der Waals surface area contributed by atoms with Crippen molar-refractivity contribution in [2.75, 3.05) is 0 Å². The monoisotopic (exact) mass is 406 g/mol.